The lowest BCUT2D eigenvalue weighted by Gasteiger charge is -2.21. The summed E-state index contributed by atoms with van der Waals surface area (Å²) < 4.78 is 28.4. The minimum absolute atomic E-state index is 0.0434. The number of hydrogen-bond donors (Lipinski definition) is 2. The number of hydrogen-bond acceptors (Lipinski definition) is 2. The number of carbonyl (C=O) groups excluding carboxylic acids is 1. The zero-order valence-corrected chi connectivity index (χ0v) is 12.6. The molecule has 2 N–H and O–H groups in total. The quantitative estimate of drug-likeness (QED) is 0.874. The topological polar surface area (TPSA) is 42.8 Å². The third kappa shape index (κ3) is 5.97. The Bertz CT molecular complexity index is 458. The van der Waals surface area contributed by atoms with Crippen molar-refractivity contribution in [3.05, 3.63) is 24.3 Å². The van der Waals surface area contributed by atoms with Crippen molar-refractivity contribution in [3.63, 3.8) is 0 Å². The molecule has 1 amide bonds. The van der Waals surface area contributed by atoms with Gasteiger partial charge < -0.3 is 15.0 Å². The lowest BCUT2D eigenvalue weighted by molar-refractivity contribution is -0.892. The number of rotatable bonds is 5. The van der Waals surface area contributed by atoms with Gasteiger partial charge in [-0.1, -0.05) is 6.42 Å². The molecule has 0 saturated carbocycles. The SMILES string of the molecule is O=C(C[NH+]1CCCCCCC1)Nc1ccc(OC(F)F)cc1. The number of quaternary nitrogens is 1. The van der Waals surface area contributed by atoms with Crippen LogP contribution in [0.3, 0.4) is 0 Å². The highest BCUT2D eigenvalue weighted by molar-refractivity contribution is 5.91. The zero-order valence-electron chi connectivity index (χ0n) is 12.6. The first-order valence-electron chi connectivity index (χ1n) is 7.82. The van der Waals surface area contributed by atoms with Gasteiger partial charge in [0.05, 0.1) is 13.1 Å². The average Bonchev–Trinajstić information content (AvgIpc) is 2.43. The predicted octanol–water partition coefficient (Wildman–Crippen LogP) is 2.08. The van der Waals surface area contributed by atoms with E-state index in [1.165, 1.54) is 49.1 Å². The Kier molecular flexibility index (Phi) is 6.58. The van der Waals surface area contributed by atoms with Crippen LogP contribution in [0.4, 0.5) is 14.5 Å². The van der Waals surface area contributed by atoms with E-state index in [4.69, 9.17) is 0 Å². The zero-order chi connectivity index (χ0) is 15.8. The van der Waals surface area contributed by atoms with E-state index >= 15 is 0 Å². The molecule has 4 nitrogen and oxygen atoms in total. The van der Waals surface area contributed by atoms with E-state index in [0.717, 1.165) is 13.1 Å². The number of ether oxygens (including phenoxy) is 1. The number of likely N-dealkylation sites (tertiary alicyclic amines) is 1. The minimum atomic E-state index is -2.84. The average molecular weight is 313 g/mol. The van der Waals surface area contributed by atoms with Gasteiger partial charge in [-0.25, -0.2) is 0 Å². The molecule has 1 aliphatic heterocycles. The highest BCUT2D eigenvalue weighted by atomic mass is 19.3. The molecule has 1 aromatic carbocycles. The van der Waals surface area contributed by atoms with Crippen LogP contribution in [0, 0.1) is 0 Å². The number of carbonyl (C=O) groups is 1. The summed E-state index contributed by atoms with van der Waals surface area (Å²) in [6.07, 6.45) is 6.13. The van der Waals surface area contributed by atoms with Crippen LogP contribution >= 0.6 is 0 Å². The third-order valence-electron chi connectivity index (χ3n) is 3.83. The number of alkyl halides is 2. The molecular formula is C16H23F2N2O2+. The second-order valence-electron chi connectivity index (χ2n) is 5.65. The molecule has 0 unspecified atom stereocenters. The molecule has 0 aromatic heterocycles. The number of benzene rings is 1. The Morgan fingerprint density at radius 2 is 1.68 bits per heavy atom. The van der Waals surface area contributed by atoms with Crippen LogP contribution in [0.15, 0.2) is 24.3 Å². The molecular weight excluding hydrogens is 290 g/mol. The Morgan fingerprint density at radius 1 is 1.09 bits per heavy atom. The van der Waals surface area contributed by atoms with Gasteiger partial charge in [0, 0.05) is 5.69 Å². The Hall–Kier alpha value is -1.69. The molecule has 1 fully saturated rings. The van der Waals surface area contributed by atoms with E-state index < -0.39 is 6.61 Å². The molecule has 1 heterocycles. The van der Waals surface area contributed by atoms with Gasteiger partial charge >= 0.3 is 6.61 Å². The highest BCUT2D eigenvalue weighted by Crippen LogP contribution is 2.17. The van der Waals surface area contributed by atoms with Crippen molar-refractivity contribution >= 4 is 11.6 Å². The number of nitrogens with one attached hydrogen (secondary N) is 2. The summed E-state index contributed by atoms with van der Waals surface area (Å²) in [5.41, 5.74) is 0.595. The van der Waals surface area contributed by atoms with Gasteiger partial charge in [0.2, 0.25) is 0 Å². The first kappa shape index (κ1) is 16.7. The molecule has 122 valence electrons. The van der Waals surface area contributed by atoms with E-state index in [1.54, 1.807) is 12.1 Å². The van der Waals surface area contributed by atoms with Crippen molar-refractivity contribution in [1.82, 2.24) is 0 Å². The van der Waals surface area contributed by atoms with Crippen LogP contribution in [-0.2, 0) is 4.79 Å². The van der Waals surface area contributed by atoms with Crippen molar-refractivity contribution in [3.8, 4) is 5.75 Å². The summed E-state index contributed by atoms with van der Waals surface area (Å²) in [7, 11) is 0. The molecule has 22 heavy (non-hydrogen) atoms. The Morgan fingerprint density at radius 3 is 2.27 bits per heavy atom. The van der Waals surface area contributed by atoms with Crippen LogP contribution in [0.25, 0.3) is 0 Å². The largest absolute Gasteiger partial charge is 0.435 e. The standard InChI is InChI=1S/C16H22F2N2O2/c17-16(18)22-14-8-6-13(7-9-14)19-15(21)12-20-10-4-2-1-3-5-11-20/h6-9,16H,1-5,10-12H2,(H,19,21)/p+1. The van der Waals surface area contributed by atoms with E-state index in [0.29, 0.717) is 12.2 Å². The minimum Gasteiger partial charge on any atom is -0.435 e. The molecule has 6 heteroatoms. The lowest BCUT2D eigenvalue weighted by atomic mass is 10.1. The van der Waals surface area contributed by atoms with Crippen molar-refractivity contribution in [2.75, 3.05) is 25.0 Å². The predicted molar refractivity (Wildman–Crippen MR) is 80.4 cm³/mol. The number of amides is 1. The van der Waals surface area contributed by atoms with Gasteiger partial charge in [-0.15, -0.1) is 0 Å². The molecule has 2 rings (SSSR count). The van der Waals surface area contributed by atoms with Crippen molar-refractivity contribution in [2.45, 2.75) is 38.7 Å². The van der Waals surface area contributed by atoms with Crippen molar-refractivity contribution in [2.24, 2.45) is 0 Å². The van der Waals surface area contributed by atoms with Crippen molar-refractivity contribution < 1.29 is 23.2 Å². The summed E-state index contributed by atoms with van der Waals surface area (Å²) in [6, 6.07) is 5.98. The van der Waals surface area contributed by atoms with Gasteiger partial charge in [-0.3, -0.25) is 4.79 Å². The van der Waals surface area contributed by atoms with Gasteiger partial charge in [0.15, 0.2) is 6.54 Å². The number of halogens is 2. The summed E-state index contributed by atoms with van der Waals surface area (Å²) in [5.74, 6) is 0.0421. The Labute approximate surface area is 129 Å². The highest BCUT2D eigenvalue weighted by Gasteiger charge is 2.15. The first-order valence-corrected chi connectivity index (χ1v) is 7.82. The van der Waals surface area contributed by atoms with Gasteiger partial charge in [-0.05, 0) is 49.9 Å². The summed E-state index contributed by atoms with van der Waals surface area (Å²) >= 11 is 0. The van der Waals surface area contributed by atoms with E-state index in [9.17, 15) is 13.6 Å². The van der Waals surface area contributed by atoms with E-state index in [1.807, 2.05) is 0 Å². The number of anilines is 1. The monoisotopic (exact) mass is 313 g/mol. The molecule has 0 spiro atoms. The molecule has 0 aliphatic carbocycles. The maximum absolute atomic E-state index is 12.1. The summed E-state index contributed by atoms with van der Waals surface area (Å²) in [5, 5.41) is 2.80. The fourth-order valence-corrected chi connectivity index (χ4v) is 2.73. The van der Waals surface area contributed by atoms with Crippen LogP contribution < -0.4 is 15.0 Å². The second-order valence-corrected chi connectivity index (χ2v) is 5.65. The molecule has 1 aliphatic rings. The maximum atomic E-state index is 12.1. The van der Waals surface area contributed by atoms with Gasteiger partial charge in [-0.2, -0.15) is 8.78 Å². The summed E-state index contributed by atoms with van der Waals surface area (Å²) in [6.45, 7) is -0.311. The van der Waals surface area contributed by atoms with Crippen molar-refractivity contribution in [1.29, 1.82) is 0 Å². The van der Waals surface area contributed by atoms with Gasteiger partial charge in [0.1, 0.15) is 5.75 Å². The summed E-state index contributed by atoms with van der Waals surface area (Å²) in [4.78, 5) is 13.4. The maximum Gasteiger partial charge on any atom is 0.387 e. The first-order chi connectivity index (χ1) is 10.6. The third-order valence-corrected chi connectivity index (χ3v) is 3.83. The second kappa shape index (κ2) is 8.68. The van der Waals surface area contributed by atoms with Crippen LogP contribution in [0.1, 0.15) is 32.1 Å². The van der Waals surface area contributed by atoms with E-state index in [2.05, 4.69) is 10.1 Å². The molecule has 0 atom stereocenters. The van der Waals surface area contributed by atoms with Crippen LogP contribution in [0.5, 0.6) is 5.75 Å². The molecule has 0 bridgehead atoms. The normalized spacial score (nSPS) is 16.9. The molecule has 1 aromatic rings. The molecule has 1 saturated heterocycles. The fourth-order valence-electron chi connectivity index (χ4n) is 2.73. The smallest absolute Gasteiger partial charge is 0.387 e. The van der Waals surface area contributed by atoms with Crippen LogP contribution in [0.2, 0.25) is 0 Å². The molecule has 0 radical (unpaired) electrons. The Balaban J connectivity index is 1.80. The lowest BCUT2D eigenvalue weighted by Crippen LogP contribution is -3.13. The van der Waals surface area contributed by atoms with E-state index in [-0.39, 0.29) is 11.7 Å². The van der Waals surface area contributed by atoms with Gasteiger partial charge in [0.25, 0.3) is 5.91 Å². The fraction of sp³-hybridized carbons (Fsp3) is 0.562. The van der Waals surface area contributed by atoms with Crippen LogP contribution in [-0.4, -0.2) is 32.2 Å².